The summed E-state index contributed by atoms with van der Waals surface area (Å²) >= 11 is 0. The maximum Gasteiger partial charge on any atom is 0.514 e. The van der Waals surface area contributed by atoms with Crippen molar-refractivity contribution >= 4 is 24.4 Å². The van der Waals surface area contributed by atoms with Crippen LogP contribution in [0.2, 0.25) is 0 Å². The zero-order chi connectivity index (χ0) is 33.2. The first kappa shape index (κ1) is 37.5. The van der Waals surface area contributed by atoms with E-state index in [2.05, 4.69) is 0 Å². The van der Waals surface area contributed by atoms with Gasteiger partial charge in [-0.2, -0.15) is 0 Å². The van der Waals surface area contributed by atoms with Gasteiger partial charge in [-0.3, -0.25) is 4.79 Å². The number of carboxylic acid groups (broad SMARTS) is 1. The molecule has 1 rings (SSSR count). The van der Waals surface area contributed by atoms with E-state index in [1.807, 2.05) is 48.5 Å². The van der Waals surface area contributed by atoms with Gasteiger partial charge < -0.3 is 39.3 Å². The summed E-state index contributed by atoms with van der Waals surface area (Å²) in [6.45, 7) is 19.9. The molecule has 0 amide bonds. The van der Waals surface area contributed by atoms with Crippen LogP contribution in [0.1, 0.15) is 87.6 Å². The van der Waals surface area contributed by atoms with E-state index in [1.54, 1.807) is 27.7 Å². The van der Waals surface area contributed by atoms with Crippen molar-refractivity contribution in [2.45, 2.75) is 106 Å². The number of nitrogens with two attached hydrogens (primary N) is 1. The van der Waals surface area contributed by atoms with Gasteiger partial charge >= 0.3 is 24.4 Å². The van der Waals surface area contributed by atoms with Crippen molar-refractivity contribution in [3.05, 3.63) is 23.8 Å². The molecule has 0 aliphatic carbocycles. The molecule has 0 saturated heterocycles. The van der Waals surface area contributed by atoms with Crippen molar-refractivity contribution in [1.82, 2.24) is 0 Å². The van der Waals surface area contributed by atoms with Gasteiger partial charge in [0.15, 0.2) is 11.5 Å². The fraction of sp³-hybridized carbons (Fsp3) is 0.677. The molecule has 0 aromatic heterocycles. The Hall–Kier alpha value is -3.54. The normalized spacial score (nSPS) is 15.9. The lowest BCUT2D eigenvalue weighted by molar-refractivity contribution is -0.139. The van der Waals surface area contributed by atoms with Crippen LogP contribution in [0, 0.1) is 23.2 Å². The summed E-state index contributed by atoms with van der Waals surface area (Å²) in [5, 5.41) is 9.82. The highest BCUT2D eigenvalue weighted by Gasteiger charge is 2.36. The van der Waals surface area contributed by atoms with Crippen molar-refractivity contribution in [3.8, 4) is 11.5 Å². The second-order valence-corrected chi connectivity index (χ2v) is 12.7. The molecule has 0 radical (unpaired) electrons. The molecule has 0 aliphatic heterocycles. The summed E-state index contributed by atoms with van der Waals surface area (Å²) < 4.78 is 32.0. The van der Waals surface area contributed by atoms with Gasteiger partial charge in [0.1, 0.15) is 24.4 Å². The molecule has 0 spiro atoms. The predicted octanol–water partition coefficient (Wildman–Crippen LogP) is 6.53. The molecule has 5 unspecified atom stereocenters. The summed E-state index contributed by atoms with van der Waals surface area (Å²) in [4.78, 5) is 49.5. The Morgan fingerprint density at radius 3 is 1.65 bits per heavy atom. The zero-order valence-corrected chi connectivity index (χ0v) is 27.2. The number of ether oxygens (including phenoxy) is 6. The summed E-state index contributed by atoms with van der Waals surface area (Å²) in [7, 11) is 0. The smallest absolute Gasteiger partial charge is 0.480 e. The largest absolute Gasteiger partial charge is 0.514 e. The van der Waals surface area contributed by atoms with Crippen LogP contribution in [-0.2, 0) is 23.7 Å². The van der Waals surface area contributed by atoms with Crippen LogP contribution in [0.5, 0.6) is 11.5 Å². The first-order valence-electron chi connectivity index (χ1n) is 14.5. The molecule has 43 heavy (non-hydrogen) atoms. The molecule has 0 fully saturated rings. The third kappa shape index (κ3) is 12.7. The molecule has 6 atom stereocenters. The lowest BCUT2D eigenvalue weighted by Gasteiger charge is -2.31. The molecule has 3 N–H and O–H groups in total. The molecular formula is C31H49NO11. The van der Waals surface area contributed by atoms with Gasteiger partial charge in [0.2, 0.25) is 0 Å². The van der Waals surface area contributed by atoms with Gasteiger partial charge in [-0.25, -0.2) is 14.4 Å². The minimum absolute atomic E-state index is 0.00234. The topological polar surface area (TPSA) is 170 Å². The molecule has 1 aromatic carbocycles. The van der Waals surface area contributed by atoms with Crippen molar-refractivity contribution in [3.63, 3.8) is 0 Å². The number of carbonyl (C=O) groups excluding carboxylic acids is 3. The maximum atomic E-state index is 12.6. The Kier molecular flexibility index (Phi) is 14.2. The van der Waals surface area contributed by atoms with Crippen LogP contribution in [0.4, 0.5) is 14.4 Å². The number of carboxylic acids is 1. The summed E-state index contributed by atoms with van der Waals surface area (Å²) in [6.07, 6.45) is -4.75. The molecule has 12 nitrogen and oxygen atoms in total. The second kappa shape index (κ2) is 16.3. The number of benzene rings is 1. The van der Waals surface area contributed by atoms with E-state index < -0.39 is 60.6 Å². The standard InChI is InChI=1S/C31H49NO11/c1-16(2)19(6)39-29(36)42-23-13-12-22(14-24(23)43-30(37)40-20(7)17(3)4)25(26(32)27(33)34)18(5)21(8)41-28(35)38-15-31(9,10)11/h12-14,16-21,25-26H,15,32H2,1-11H3,(H,33,34)/t18?,19?,20?,21?,25?,26-/m0/s1. The molecule has 0 aliphatic rings. The number of rotatable bonds is 13. The fourth-order valence-corrected chi connectivity index (χ4v) is 3.55. The highest BCUT2D eigenvalue weighted by Crippen LogP contribution is 2.37. The third-order valence-electron chi connectivity index (χ3n) is 7.07. The predicted molar refractivity (Wildman–Crippen MR) is 158 cm³/mol. The van der Waals surface area contributed by atoms with E-state index in [-0.39, 0.29) is 35.4 Å². The number of carbonyl (C=O) groups is 4. The van der Waals surface area contributed by atoms with Crippen LogP contribution < -0.4 is 15.2 Å². The highest BCUT2D eigenvalue weighted by molar-refractivity contribution is 5.75. The van der Waals surface area contributed by atoms with Crippen LogP contribution in [0.15, 0.2) is 18.2 Å². The molecule has 0 heterocycles. The Labute approximate surface area is 254 Å². The van der Waals surface area contributed by atoms with E-state index in [9.17, 15) is 24.3 Å². The molecule has 244 valence electrons. The van der Waals surface area contributed by atoms with Gasteiger partial charge in [-0.15, -0.1) is 0 Å². The molecule has 0 bridgehead atoms. The minimum Gasteiger partial charge on any atom is -0.480 e. The van der Waals surface area contributed by atoms with E-state index in [1.165, 1.54) is 18.2 Å². The average Bonchev–Trinajstić information content (AvgIpc) is 2.87. The minimum atomic E-state index is -1.45. The number of hydrogen-bond donors (Lipinski definition) is 2. The molecule has 12 heteroatoms. The quantitative estimate of drug-likeness (QED) is 0.141. The molecular weight excluding hydrogens is 562 g/mol. The Morgan fingerprint density at radius 2 is 1.21 bits per heavy atom. The Balaban J connectivity index is 3.44. The highest BCUT2D eigenvalue weighted by atomic mass is 16.8. The van der Waals surface area contributed by atoms with Gasteiger partial charge in [-0.05, 0) is 55.7 Å². The van der Waals surface area contributed by atoms with Crippen LogP contribution in [0.25, 0.3) is 0 Å². The lowest BCUT2D eigenvalue weighted by Crippen LogP contribution is -2.42. The summed E-state index contributed by atoms with van der Waals surface area (Å²) in [6, 6.07) is 2.71. The lowest BCUT2D eigenvalue weighted by atomic mass is 9.79. The van der Waals surface area contributed by atoms with Crippen LogP contribution in [0.3, 0.4) is 0 Å². The fourth-order valence-electron chi connectivity index (χ4n) is 3.55. The van der Waals surface area contributed by atoms with Gasteiger partial charge in [0, 0.05) is 11.8 Å². The second-order valence-electron chi connectivity index (χ2n) is 12.7. The Morgan fingerprint density at radius 1 is 0.744 bits per heavy atom. The van der Waals surface area contributed by atoms with Crippen LogP contribution in [-0.4, -0.2) is 60.5 Å². The van der Waals surface area contributed by atoms with Crippen molar-refractivity contribution in [2.75, 3.05) is 6.61 Å². The average molecular weight is 612 g/mol. The van der Waals surface area contributed by atoms with Gasteiger partial charge in [0.25, 0.3) is 0 Å². The molecule has 0 saturated carbocycles. The monoisotopic (exact) mass is 611 g/mol. The van der Waals surface area contributed by atoms with Gasteiger partial charge in [0.05, 0.1) is 6.61 Å². The maximum absolute atomic E-state index is 12.6. The van der Waals surface area contributed by atoms with E-state index in [4.69, 9.17) is 34.2 Å². The van der Waals surface area contributed by atoms with Crippen molar-refractivity contribution in [1.29, 1.82) is 0 Å². The van der Waals surface area contributed by atoms with Crippen molar-refractivity contribution in [2.24, 2.45) is 28.9 Å². The van der Waals surface area contributed by atoms with E-state index in [0.29, 0.717) is 5.56 Å². The van der Waals surface area contributed by atoms with E-state index in [0.717, 1.165) is 0 Å². The van der Waals surface area contributed by atoms with Crippen LogP contribution >= 0.6 is 0 Å². The molecule has 1 aromatic rings. The van der Waals surface area contributed by atoms with Crippen molar-refractivity contribution < 1.29 is 52.7 Å². The first-order valence-corrected chi connectivity index (χ1v) is 14.5. The Bertz CT molecular complexity index is 1100. The summed E-state index contributed by atoms with van der Waals surface area (Å²) in [5.41, 5.74) is 6.16. The SMILES string of the molecule is CC(C)C(C)OC(=O)Oc1ccc(C(C(C)C(C)OC(=O)OCC(C)(C)C)[C@H](N)C(=O)O)cc1OC(=O)OC(C)C(C)C. The zero-order valence-electron chi connectivity index (χ0n) is 27.2. The first-order chi connectivity index (χ1) is 19.7. The van der Waals surface area contributed by atoms with Gasteiger partial charge in [-0.1, -0.05) is 61.5 Å². The number of aliphatic carboxylic acids is 1. The van der Waals surface area contributed by atoms with E-state index >= 15 is 0 Å². The summed E-state index contributed by atoms with van der Waals surface area (Å²) in [5.74, 6) is -3.27. The number of hydrogen-bond acceptors (Lipinski definition) is 11. The third-order valence-corrected chi connectivity index (χ3v) is 7.07.